The molecule has 1 amide bonds. The van der Waals surface area contributed by atoms with Gasteiger partial charge in [-0.3, -0.25) is 4.79 Å². The summed E-state index contributed by atoms with van der Waals surface area (Å²) in [6.07, 6.45) is -1.13. The lowest BCUT2D eigenvalue weighted by Gasteiger charge is -2.27. The van der Waals surface area contributed by atoms with Gasteiger partial charge in [0.25, 0.3) is 5.91 Å². The van der Waals surface area contributed by atoms with Crippen LogP contribution in [0.4, 0.5) is 5.69 Å². The van der Waals surface area contributed by atoms with Crippen molar-refractivity contribution in [3.05, 3.63) is 54.6 Å². The lowest BCUT2D eigenvalue weighted by molar-refractivity contribution is -0.123. The summed E-state index contributed by atoms with van der Waals surface area (Å²) in [7, 11) is -1.58. The molecule has 0 aliphatic rings. The van der Waals surface area contributed by atoms with E-state index in [2.05, 4.69) is 16.0 Å². The summed E-state index contributed by atoms with van der Waals surface area (Å²) in [6.45, 7) is -0.277. The van der Waals surface area contributed by atoms with E-state index in [0.717, 1.165) is 0 Å². The first-order chi connectivity index (χ1) is 13.6. The predicted octanol–water partition coefficient (Wildman–Crippen LogP) is 2.85. The molecule has 0 heterocycles. The maximum absolute atomic E-state index is 12.2. The van der Waals surface area contributed by atoms with Crippen LogP contribution in [0, 0.1) is 0 Å². The highest BCUT2D eigenvalue weighted by Gasteiger charge is 2.34. The summed E-state index contributed by atoms with van der Waals surface area (Å²) in [4.78, 5) is 12.6. The Balaban J connectivity index is 1.92. The number of carbonyl (C=O) groups is 1. The number of nitrogens with one attached hydrogen (secondary N) is 3. The van der Waals surface area contributed by atoms with E-state index in [-0.39, 0.29) is 11.7 Å². The number of thiocarbonyl (C=S) groups is 1. The van der Waals surface area contributed by atoms with Gasteiger partial charge >= 0.3 is 0 Å². The number of rotatable bonds is 7. The van der Waals surface area contributed by atoms with E-state index in [0.29, 0.717) is 16.3 Å². The number of ether oxygens (including phenoxy) is 1. The Morgan fingerprint density at radius 3 is 2.28 bits per heavy atom. The molecule has 0 saturated carbocycles. The average molecular weight is 496 g/mol. The van der Waals surface area contributed by atoms with Gasteiger partial charge in [-0.05, 0) is 48.6 Å². The molecule has 5 N–H and O–H groups in total. The van der Waals surface area contributed by atoms with Crippen LogP contribution in [0.25, 0.3) is 0 Å². The van der Waals surface area contributed by atoms with Gasteiger partial charge in [0.2, 0.25) is 3.79 Å². The molecular formula is C17H17Cl3N4O3S2. The molecular weight excluding hydrogens is 479 g/mol. The van der Waals surface area contributed by atoms with Crippen LogP contribution in [0.2, 0.25) is 0 Å². The number of hydrogen-bond acceptors (Lipinski definition) is 4. The van der Waals surface area contributed by atoms with E-state index in [4.69, 9.17) is 56.9 Å². The van der Waals surface area contributed by atoms with Gasteiger partial charge in [-0.15, -0.1) is 0 Å². The van der Waals surface area contributed by atoms with Gasteiger partial charge < -0.3 is 20.7 Å². The molecule has 7 nitrogen and oxygen atoms in total. The molecule has 156 valence electrons. The molecule has 0 aromatic heterocycles. The highest BCUT2D eigenvalue weighted by molar-refractivity contribution is 7.82. The first kappa shape index (κ1) is 23.7. The number of anilines is 1. The first-order valence-corrected chi connectivity index (χ1v) is 10.8. The number of alkyl halides is 3. The largest absolute Gasteiger partial charge is 0.484 e. The monoisotopic (exact) mass is 494 g/mol. The van der Waals surface area contributed by atoms with Crippen LogP contribution in [0.3, 0.4) is 0 Å². The maximum atomic E-state index is 12.2. The molecule has 0 aliphatic heterocycles. The topological polar surface area (TPSA) is 105 Å². The minimum atomic E-state index is -1.89. The molecule has 0 fully saturated rings. The van der Waals surface area contributed by atoms with Crippen molar-refractivity contribution in [3.8, 4) is 5.75 Å². The molecule has 29 heavy (non-hydrogen) atoms. The van der Waals surface area contributed by atoms with Gasteiger partial charge in [0.1, 0.15) is 22.9 Å². The molecule has 0 spiro atoms. The fourth-order valence-electron chi connectivity index (χ4n) is 2.04. The van der Waals surface area contributed by atoms with Crippen molar-refractivity contribution in [2.45, 2.75) is 14.9 Å². The van der Waals surface area contributed by atoms with Crippen LogP contribution >= 0.6 is 47.0 Å². The van der Waals surface area contributed by atoms with Crippen LogP contribution in [-0.4, -0.2) is 31.8 Å². The first-order valence-electron chi connectivity index (χ1n) is 8.03. The standard InChI is InChI=1S/C17H17Cl3N4O3S2/c18-17(19,20)15(23-14(25)10-27-12-4-2-1-3-5-12)24-16(28)22-11-6-8-13(9-7-11)29(21)26/h1-9,15H,10,21H2,(H,23,25)(H2,22,24,28)/t15-,29+/m1/s1. The molecule has 12 heteroatoms. The van der Waals surface area contributed by atoms with Crippen molar-refractivity contribution in [2.75, 3.05) is 11.9 Å². The Bertz CT molecular complexity index is 864. The molecule has 0 unspecified atom stereocenters. The Kier molecular flexibility index (Phi) is 8.94. The highest BCUT2D eigenvalue weighted by atomic mass is 35.6. The summed E-state index contributed by atoms with van der Waals surface area (Å²) < 4.78 is 14.7. The van der Waals surface area contributed by atoms with Crippen LogP contribution < -0.4 is 25.8 Å². The number of amides is 1. The van der Waals surface area contributed by atoms with E-state index >= 15 is 0 Å². The molecule has 0 radical (unpaired) electrons. The second kappa shape index (κ2) is 11.0. The molecule has 2 rings (SSSR count). The Labute approximate surface area is 190 Å². The number of carbonyl (C=O) groups excluding carboxylic acids is 1. The zero-order chi connectivity index (χ0) is 21.4. The van der Waals surface area contributed by atoms with Crippen molar-refractivity contribution in [1.29, 1.82) is 0 Å². The number of nitrogens with two attached hydrogens (primary N) is 1. The van der Waals surface area contributed by atoms with E-state index in [1.165, 1.54) is 0 Å². The zero-order valence-corrected chi connectivity index (χ0v) is 18.6. The van der Waals surface area contributed by atoms with Crippen LogP contribution in [0.1, 0.15) is 0 Å². The van der Waals surface area contributed by atoms with Crippen LogP contribution in [0.5, 0.6) is 5.75 Å². The Morgan fingerprint density at radius 1 is 1.10 bits per heavy atom. The van der Waals surface area contributed by atoms with Crippen molar-refractivity contribution < 1.29 is 13.7 Å². The fraction of sp³-hybridized carbons (Fsp3) is 0.176. The minimum absolute atomic E-state index is 0.0900. The summed E-state index contributed by atoms with van der Waals surface area (Å²) in [5, 5.41) is 13.5. The molecule has 0 saturated heterocycles. The third-order valence-corrected chi connectivity index (χ3v) is 4.98. The number of para-hydroxylation sites is 1. The van der Waals surface area contributed by atoms with Gasteiger partial charge in [-0.2, -0.15) is 0 Å². The van der Waals surface area contributed by atoms with E-state index in [1.54, 1.807) is 48.5 Å². The zero-order valence-electron chi connectivity index (χ0n) is 14.7. The van der Waals surface area contributed by atoms with Crippen LogP contribution in [0.15, 0.2) is 59.5 Å². The quantitative estimate of drug-likeness (QED) is 0.267. The number of hydrogen-bond donors (Lipinski definition) is 4. The van der Waals surface area contributed by atoms with Crippen molar-refractivity contribution >= 4 is 74.7 Å². The molecule has 2 atom stereocenters. The van der Waals surface area contributed by atoms with Gasteiger partial charge in [0, 0.05) is 5.69 Å². The minimum Gasteiger partial charge on any atom is -0.484 e. The lowest BCUT2D eigenvalue weighted by atomic mass is 10.3. The molecule has 0 bridgehead atoms. The molecule has 0 aliphatic carbocycles. The normalized spacial score (nSPS) is 13.1. The highest BCUT2D eigenvalue weighted by Crippen LogP contribution is 2.29. The summed E-state index contributed by atoms with van der Waals surface area (Å²) in [5.41, 5.74) is 0.582. The fourth-order valence-corrected chi connectivity index (χ4v) is 3.01. The van der Waals surface area contributed by atoms with Gasteiger partial charge in [-0.1, -0.05) is 53.0 Å². The van der Waals surface area contributed by atoms with Crippen LogP contribution in [-0.2, 0) is 15.8 Å². The van der Waals surface area contributed by atoms with E-state index < -0.39 is 26.9 Å². The SMILES string of the molecule is N[S@@](=O)c1ccc(NC(=S)N[C@@H](NC(=O)COc2ccccc2)C(Cl)(Cl)Cl)cc1. The summed E-state index contributed by atoms with van der Waals surface area (Å²) in [5.74, 6) is 0.00958. The van der Waals surface area contributed by atoms with Crippen molar-refractivity contribution in [2.24, 2.45) is 5.14 Å². The van der Waals surface area contributed by atoms with Gasteiger partial charge in [0.15, 0.2) is 11.7 Å². The van der Waals surface area contributed by atoms with Crippen molar-refractivity contribution in [1.82, 2.24) is 10.6 Å². The smallest absolute Gasteiger partial charge is 0.259 e. The second-order valence-electron chi connectivity index (χ2n) is 5.56. The van der Waals surface area contributed by atoms with Gasteiger partial charge in [0.05, 0.1) is 4.90 Å². The average Bonchev–Trinajstić information content (AvgIpc) is 2.66. The van der Waals surface area contributed by atoms with Crippen molar-refractivity contribution in [3.63, 3.8) is 0 Å². The number of halogens is 3. The van der Waals surface area contributed by atoms with Gasteiger partial charge in [-0.25, -0.2) is 9.35 Å². The molecule has 2 aromatic rings. The van der Waals surface area contributed by atoms with E-state index in [1.807, 2.05) is 6.07 Å². The third-order valence-electron chi connectivity index (χ3n) is 3.37. The maximum Gasteiger partial charge on any atom is 0.259 e. The summed E-state index contributed by atoms with van der Waals surface area (Å²) >= 11 is 23.0. The second-order valence-corrected chi connectivity index (χ2v) is 9.41. The lowest BCUT2D eigenvalue weighted by Crippen LogP contribution is -2.56. The van der Waals surface area contributed by atoms with E-state index in [9.17, 15) is 9.00 Å². The Morgan fingerprint density at radius 2 is 1.72 bits per heavy atom. The third kappa shape index (κ3) is 8.33. The molecule has 2 aromatic carbocycles. The Hall–Kier alpha value is -1.62. The summed E-state index contributed by atoms with van der Waals surface area (Å²) in [6, 6.07) is 15.2. The number of benzene rings is 2. The predicted molar refractivity (Wildman–Crippen MR) is 121 cm³/mol.